The number of hydrogen-bond acceptors (Lipinski definition) is 2. The second-order valence-corrected chi connectivity index (χ2v) is 5.90. The van der Waals surface area contributed by atoms with Crippen molar-refractivity contribution in [1.29, 1.82) is 0 Å². The van der Waals surface area contributed by atoms with Gasteiger partial charge in [0, 0.05) is 24.8 Å². The van der Waals surface area contributed by atoms with Crippen LogP contribution in [0.2, 0.25) is 0 Å². The van der Waals surface area contributed by atoms with Crippen LogP contribution in [0.15, 0.2) is 12.3 Å². The number of nitrogens with one attached hydrogen (secondary N) is 1. The van der Waals surface area contributed by atoms with Crippen molar-refractivity contribution in [3.05, 3.63) is 12.3 Å². The first kappa shape index (κ1) is 17.5. The molecule has 0 bridgehead atoms. The summed E-state index contributed by atoms with van der Waals surface area (Å²) < 4.78 is 0. The van der Waals surface area contributed by atoms with E-state index < -0.39 is 0 Å². The molecule has 0 amide bonds. The first-order valence-corrected chi connectivity index (χ1v) is 7.59. The van der Waals surface area contributed by atoms with Crippen molar-refractivity contribution in [1.82, 2.24) is 10.2 Å². The van der Waals surface area contributed by atoms with Gasteiger partial charge in [0.1, 0.15) is 0 Å². The van der Waals surface area contributed by atoms with Crippen LogP contribution in [-0.2, 0) is 0 Å². The van der Waals surface area contributed by atoms with Gasteiger partial charge in [-0.3, -0.25) is 0 Å². The molecule has 0 aromatic rings. The molecule has 0 radical (unpaired) electrons. The molecular weight excluding hydrogens is 220 g/mol. The van der Waals surface area contributed by atoms with Crippen molar-refractivity contribution in [3.8, 4) is 0 Å². The SMILES string of the molecule is C=C(CCCCCCCNC(C)C)N(C)C(C)C. The lowest BCUT2D eigenvalue weighted by Crippen LogP contribution is -2.24. The molecule has 0 fully saturated rings. The summed E-state index contributed by atoms with van der Waals surface area (Å²) in [6.45, 7) is 14.2. The molecule has 0 saturated heterocycles. The Morgan fingerprint density at radius 3 is 2.11 bits per heavy atom. The zero-order valence-corrected chi connectivity index (χ0v) is 13.3. The fourth-order valence-electron chi connectivity index (χ4n) is 1.92. The highest BCUT2D eigenvalue weighted by molar-refractivity contribution is 4.93. The minimum atomic E-state index is 0.569. The average Bonchev–Trinajstić information content (AvgIpc) is 2.30. The van der Waals surface area contributed by atoms with Crippen LogP contribution in [0, 0.1) is 0 Å². The smallest absolute Gasteiger partial charge is 0.0226 e. The molecule has 1 N–H and O–H groups in total. The topological polar surface area (TPSA) is 15.3 Å². The van der Waals surface area contributed by atoms with E-state index in [-0.39, 0.29) is 0 Å². The summed E-state index contributed by atoms with van der Waals surface area (Å²) in [4.78, 5) is 2.28. The fraction of sp³-hybridized carbons (Fsp3) is 0.875. The second kappa shape index (κ2) is 10.4. The van der Waals surface area contributed by atoms with E-state index >= 15 is 0 Å². The lowest BCUT2D eigenvalue weighted by Gasteiger charge is -2.25. The van der Waals surface area contributed by atoms with Crippen LogP contribution in [0.4, 0.5) is 0 Å². The number of allylic oxidation sites excluding steroid dienone is 1. The van der Waals surface area contributed by atoms with E-state index in [0.717, 1.165) is 6.42 Å². The van der Waals surface area contributed by atoms with Crippen LogP contribution in [0.1, 0.15) is 66.2 Å². The number of rotatable bonds is 11. The van der Waals surface area contributed by atoms with Gasteiger partial charge in [0.25, 0.3) is 0 Å². The highest BCUT2D eigenvalue weighted by atomic mass is 15.1. The van der Waals surface area contributed by atoms with Crippen LogP contribution in [0.3, 0.4) is 0 Å². The van der Waals surface area contributed by atoms with Gasteiger partial charge in [-0.25, -0.2) is 0 Å². The standard InChI is InChI=1S/C16H34N2/c1-14(2)17-13-11-9-7-8-10-12-16(5)18(6)15(3)4/h14-15,17H,5,7-13H2,1-4,6H3. The van der Waals surface area contributed by atoms with Gasteiger partial charge >= 0.3 is 0 Å². The fourth-order valence-corrected chi connectivity index (χ4v) is 1.92. The van der Waals surface area contributed by atoms with E-state index in [1.165, 1.54) is 44.3 Å². The van der Waals surface area contributed by atoms with Crippen molar-refractivity contribution in [2.45, 2.75) is 78.3 Å². The molecule has 18 heavy (non-hydrogen) atoms. The van der Waals surface area contributed by atoms with E-state index in [0.29, 0.717) is 12.1 Å². The normalized spacial score (nSPS) is 11.3. The van der Waals surface area contributed by atoms with Gasteiger partial charge in [0.05, 0.1) is 0 Å². The Bertz CT molecular complexity index is 209. The predicted octanol–water partition coefficient (Wildman–Crippen LogP) is 4.18. The van der Waals surface area contributed by atoms with Gasteiger partial charge in [0.2, 0.25) is 0 Å². The summed E-state index contributed by atoms with van der Waals surface area (Å²) in [6, 6.07) is 1.19. The van der Waals surface area contributed by atoms with E-state index in [2.05, 4.69) is 51.5 Å². The Hall–Kier alpha value is -0.500. The van der Waals surface area contributed by atoms with Crippen molar-refractivity contribution in [3.63, 3.8) is 0 Å². The Labute approximate surface area is 115 Å². The molecule has 0 aliphatic carbocycles. The van der Waals surface area contributed by atoms with Crippen LogP contribution in [0.5, 0.6) is 0 Å². The predicted molar refractivity (Wildman–Crippen MR) is 82.9 cm³/mol. The Morgan fingerprint density at radius 1 is 1.00 bits per heavy atom. The largest absolute Gasteiger partial charge is 0.376 e. The summed E-state index contributed by atoms with van der Waals surface area (Å²) in [5, 5.41) is 3.46. The van der Waals surface area contributed by atoms with Gasteiger partial charge in [-0.2, -0.15) is 0 Å². The maximum atomic E-state index is 4.16. The zero-order chi connectivity index (χ0) is 14.0. The highest BCUT2D eigenvalue weighted by Gasteiger charge is 2.05. The molecule has 0 unspecified atom stereocenters. The lowest BCUT2D eigenvalue weighted by atomic mass is 10.1. The average molecular weight is 254 g/mol. The molecule has 0 aromatic carbocycles. The number of hydrogen-bond donors (Lipinski definition) is 1. The summed E-state index contributed by atoms with van der Waals surface area (Å²) in [5.74, 6) is 0. The Balaban J connectivity index is 3.33. The Kier molecular flexibility index (Phi) is 10.1. The number of nitrogens with zero attached hydrogens (tertiary/aromatic N) is 1. The quantitative estimate of drug-likeness (QED) is 0.556. The molecule has 0 atom stereocenters. The summed E-state index contributed by atoms with van der Waals surface area (Å²) in [6.07, 6.45) is 7.80. The number of unbranched alkanes of at least 4 members (excludes halogenated alkanes) is 4. The third kappa shape index (κ3) is 9.52. The molecule has 0 rings (SSSR count). The first-order valence-electron chi connectivity index (χ1n) is 7.59. The van der Waals surface area contributed by atoms with E-state index in [9.17, 15) is 0 Å². The Morgan fingerprint density at radius 2 is 1.56 bits per heavy atom. The summed E-state index contributed by atoms with van der Waals surface area (Å²) in [5.41, 5.74) is 1.28. The zero-order valence-electron chi connectivity index (χ0n) is 13.3. The van der Waals surface area contributed by atoms with Gasteiger partial charge in [-0.1, -0.05) is 39.7 Å². The van der Waals surface area contributed by atoms with Crippen molar-refractivity contribution in [2.75, 3.05) is 13.6 Å². The summed E-state index contributed by atoms with van der Waals surface area (Å²) >= 11 is 0. The van der Waals surface area contributed by atoms with Crippen LogP contribution in [0.25, 0.3) is 0 Å². The van der Waals surface area contributed by atoms with Gasteiger partial charge in [-0.15, -0.1) is 0 Å². The molecule has 2 nitrogen and oxygen atoms in total. The van der Waals surface area contributed by atoms with Crippen LogP contribution in [-0.4, -0.2) is 30.6 Å². The van der Waals surface area contributed by atoms with Crippen LogP contribution < -0.4 is 5.32 Å². The van der Waals surface area contributed by atoms with Gasteiger partial charge in [-0.05, 0) is 39.7 Å². The van der Waals surface area contributed by atoms with Gasteiger partial charge in [0.15, 0.2) is 0 Å². The lowest BCUT2D eigenvalue weighted by molar-refractivity contribution is 0.330. The molecule has 0 heterocycles. The molecule has 0 spiro atoms. The highest BCUT2D eigenvalue weighted by Crippen LogP contribution is 2.14. The third-order valence-electron chi connectivity index (χ3n) is 3.47. The van der Waals surface area contributed by atoms with E-state index in [1.807, 2.05) is 0 Å². The maximum absolute atomic E-state index is 4.16. The van der Waals surface area contributed by atoms with Crippen molar-refractivity contribution < 1.29 is 0 Å². The van der Waals surface area contributed by atoms with Crippen molar-refractivity contribution in [2.24, 2.45) is 0 Å². The third-order valence-corrected chi connectivity index (χ3v) is 3.47. The minimum absolute atomic E-state index is 0.569. The summed E-state index contributed by atoms with van der Waals surface area (Å²) in [7, 11) is 2.14. The second-order valence-electron chi connectivity index (χ2n) is 5.90. The molecule has 0 aliphatic heterocycles. The van der Waals surface area contributed by atoms with Crippen molar-refractivity contribution >= 4 is 0 Å². The maximum Gasteiger partial charge on any atom is 0.0226 e. The molecule has 108 valence electrons. The molecule has 0 saturated carbocycles. The molecular formula is C16H34N2. The molecule has 2 heteroatoms. The first-order chi connectivity index (χ1) is 8.45. The monoisotopic (exact) mass is 254 g/mol. The minimum Gasteiger partial charge on any atom is -0.376 e. The molecule has 0 aliphatic rings. The molecule has 0 aromatic heterocycles. The van der Waals surface area contributed by atoms with Gasteiger partial charge < -0.3 is 10.2 Å². The van der Waals surface area contributed by atoms with E-state index in [4.69, 9.17) is 0 Å². The van der Waals surface area contributed by atoms with E-state index in [1.54, 1.807) is 0 Å². The van der Waals surface area contributed by atoms with Crippen LogP contribution >= 0.6 is 0 Å².